The molecule has 0 atom stereocenters. The van der Waals surface area contributed by atoms with Crippen LogP contribution in [0.4, 0.5) is 0 Å². The zero-order valence-electron chi connectivity index (χ0n) is 16.3. The number of fused-ring (bicyclic) bond motifs is 4. The Morgan fingerprint density at radius 3 is 2.30 bits per heavy atom. The molecule has 3 nitrogen and oxygen atoms in total. The second-order valence-electron chi connectivity index (χ2n) is 7.31. The Morgan fingerprint density at radius 2 is 1.47 bits per heavy atom. The van der Waals surface area contributed by atoms with Crippen LogP contribution in [0.5, 0.6) is 0 Å². The van der Waals surface area contributed by atoms with Gasteiger partial charge in [-0.25, -0.2) is 0 Å². The van der Waals surface area contributed by atoms with E-state index in [1.807, 2.05) is 24.3 Å². The largest absolute Gasteiger partial charge is 0.344 e. The Hall–Kier alpha value is -3.20. The van der Waals surface area contributed by atoms with E-state index in [0.717, 1.165) is 28.1 Å². The van der Waals surface area contributed by atoms with Gasteiger partial charge in [-0.3, -0.25) is 4.98 Å². The zero-order valence-corrected chi connectivity index (χ0v) is 18.7. The van der Waals surface area contributed by atoms with E-state index < -0.39 is 0 Å². The quantitative estimate of drug-likeness (QED) is 0.232. The van der Waals surface area contributed by atoms with Crippen LogP contribution in [-0.4, -0.2) is 14.1 Å². The Labute approximate surface area is 187 Å². The smallest absolute Gasteiger partial charge is 0.0774 e. The molecule has 0 saturated heterocycles. The average molecular weight is 565 g/mol. The van der Waals surface area contributed by atoms with Crippen molar-refractivity contribution in [2.45, 2.75) is 0 Å². The monoisotopic (exact) mass is 565 g/mol. The van der Waals surface area contributed by atoms with Gasteiger partial charge in [0.1, 0.15) is 0 Å². The first-order valence-electron chi connectivity index (χ1n) is 9.73. The summed E-state index contributed by atoms with van der Waals surface area (Å²) >= 11 is 0. The fourth-order valence-electron chi connectivity index (χ4n) is 4.29. The van der Waals surface area contributed by atoms with Crippen molar-refractivity contribution in [2.75, 3.05) is 0 Å². The third kappa shape index (κ3) is 2.72. The third-order valence-electron chi connectivity index (χ3n) is 5.67. The van der Waals surface area contributed by atoms with Crippen LogP contribution < -0.4 is 0 Å². The maximum absolute atomic E-state index is 4.93. The van der Waals surface area contributed by atoms with Gasteiger partial charge in [0, 0.05) is 49.1 Å². The first-order chi connectivity index (χ1) is 14.3. The van der Waals surface area contributed by atoms with Gasteiger partial charge in [0.25, 0.3) is 0 Å². The molecule has 0 N–H and O–H groups in total. The fraction of sp³-hybridized carbons (Fsp3) is 0.0385. The van der Waals surface area contributed by atoms with E-state index in [0.29, 0.717) is 0 Å². The van der Waals surface area contributed by atoms with E-state index in [4.69, 9.17) is 4.98 Å². The van der Waals surface area contributed by atoms with E-state index in [1.54, 1.807) is 0 Å². The Kier molecular flexibility index (Phi) is 4.54. The summed E-state index contributed by atoms with van der Waals surface area (Å²) in [5.41, 5.74) is 6.62. The third-order valence-corrected chi connectivity index (χ3v) is 5.67. The van der Waals surface area contributed by atoms with Gasteiger partial charge in [0.15, 0.2) is 0 Å². The minimum atomic E-state index is 0. The minimum Gasteiger partial charge on any atom is -0.344 e. The molecule has 0 aliphatic rings. The second-order valence-corrected chi connectivity index (χ2v) is 7.31. The number of hydrogen-bond acceptors (Lipinski definition) is 1. The molecule has 4 aromatic carbocycles. The summed E-state index contributed by atoms with van der Waals surface area (Å²) in [6.07, 6.45) is 0. The Bertz CT molecular complexity index is 1510. The molecule has 1 radical (unpaired) electrons. The second kappa shape index (κ2) is 7.24. The minimum absolute atomic E-state index is 0. The molecule has 0 saturated carbocycles. The van der Waals surface area contributed by atoms with Gasteiger partial charge in [0.05, 0.1) is 22.4 Å². The molecule has 30 heavy (non-hydrogen) atoms. The van der Waals surface area contributed by atoms with Crippen LogP contribution >= 0.6 is 0 Å². The van der Waals surface area contributed by atoms with Crippen LogP contribution in [0.1, 0.15) is 0 Å². The van der Waals surface area contributed by atoms with Gasteiger partial charge in [-0.05, 0) is 30.3 Å². The molecule has 2 aromatic heterocycles. The molecule has 0 amide bonds. The van der Waals surface area contributed by atoms with Crippen molar-refractivity contribution in [1.82, 2.24) is 14.1 Å². The van der Waals surface area contributed by atoms with Gasteiger partial charge >= 0.3 is 0 Å². The number of para-hydroxylation sites is 3. The van der Waals surface area contributed by atoms with E-state index in [-0.39, 0.29) is 20.1 Å². The first-order valence-corrected chi connectivity index (χ1v) is 9.73. The molecular weight excluding hydrogens is 547 g/mol. The summed E-state index contributed by atoms with van der Waals surface area (Å²) in [5.74, 6) is 0.907. The normalized spacial score (nSPS) is 11.2. The molecule has 2 heterocycles. The number of rotatable bonds is 2. The molecule has 0 unspecified atom stereocenters. The fourth-order valence-corrected chi connectivity index (χ4v) is 4.29. The first kappa shape index (κ1) is 18.8. The number of aryl methyl sites for hydroxylation is 1. The number of hydrogen-bond donors (Lipinski definition) is 0. The maximum atomic E-state index is 4.93. The zero-order chi connectivity index (χ0) is 19.4. The van der Waals surface area contributed by atoms with Crippen LogP contribution in [0.15, 0.2) is 91.0 Å². The van der Waals surface area contributed by atoms with Crippen LogP contribution in [0, 0.1) is 6.07 Å². The van der Waals surface area contributed by atoms with E-state index >= 15 is 0 Å². The average Bonchev–Trinajstić information content (AvgIpc) is 3.31. The van der Waals surface area contributed by atoms with Crippen molar-refractivity contribution >= 4 is 32.8 Å². The predicted molar refractivity (Wildman–Crippen MR) is 119 cm³/mol. The molecule has 0 aliphatic carbocycles. The number of aromatic nitrogens is 3. The molecule has 4 heteroatoms. The summed E-state index contributed by atoms with van der Waals surface area (Å²) in [6.45, 7) is 0. The van der Waals surface area contributed by atoms with Crippen LogP contribution in [0.25, 0.3) is 49.9 Å². The van der Waals surface area contributed by atoms with Gasteiger partial charge < -0.3 is 9.13 Å². The molecule has 0 aliphatic heterocycles. The van der Waals surface area contributed by atoms with Crippen molar-refractivity contribution in [1.29, 1.82) is 0 Å². The Morgan fingerprint density at radius 1 is 0.733 bits per heavy atom. The maximum Gasteiger partial charge on any atom is 0.0774 e. The van der Waals surface area contributed by atoms with E-state index in [2.05, 4.69) is 89.0 Å². The summed E-state index contributed by atoms with van der Waals surface area (Å²) in [7, 11) is 2.13. The predicted octanol–water partition coefficient (Wildman–Crippen LogP) is 6.14. The topological polar surface area (TPSA) is 22.8 Å². The number of imidazole rings is 1. The van der Waals surface area contributed by atoms with Gasteiger partial charge in [-0.1, -0.05) is 36.4 Å². The van der Waals surface area contributed by atoms with Crippen LogP contribution in [-0.2, 0) is 27.2 Å². The Balaban J connectivity index is 0.00000193. The van der Waals surface area contributed by atoms with Crippen molar-refractivity contribution < 1.29 is 20.1 Å². The molecule has 6 rings (SSSR count). The molecule has 0 bridgehead atoms. The summed E-state index contributed by atoms with van der Waals surface area (Å²) in [5, 5.41) is 2.55. The van der Waals surface area contributed by atoms with Crippen LogP contribution in [0.3, 0.4) is 0 Å². The SMILES string of the molecule is Cn1c2ccccc2c2ccc(-n3c(-c4[c-]cccc4)nc4ccccc43)cc21.[Ir]. The van der Waals surface area contributed by atoms with Crippen molar-refractivity contribution in [3.8, 4) is 17.1 Å². The van der Waals surface area contributed by atoms with Crippen molar-refractivity contribution in [2.24, 2.45) is 7.05 Å². The summed E-state index contributed by atoms with van der Waals surface area (Å²) in [6, 6.07) is 34.9. The molecule has 147 valence electrons. The van der Waals surface area contributed by atoms with Gasteiger partial charge in [0.2, 0.25) is 0 Å². The van der Waals surface area contributed by atoms with Crippen molar-refractivity contribution in [3.63, 3.8) is 0 Å². The standard InChI is InChI=1S/C26H18N3.Ir/c1-28-23-13-7-5-11-20(23)21-16-15-19(17-25(21)28)29-24-14-8-6-12-22(24)27-26(29)18-9-3-2-4-10-18;/h2-9,11-17H,1H3;/q-1;. The van der Waals surface area contributed by atoms with Crippen molar-refractivity contribution in [3.05, 3.63) is 97.1 Å². The van der Waals surface area contributed by atoms with Gasteiger partial charge in [-0.2, -0.15) is 0 Å². The molecule has 6 aromatic rings. The van der Waals surface area contributed by atoms with Crippen LogP contribution in [0.2, 0.25) is 0 Å². The molecule has 0 spiro atoms. The molecule has 0 fully saturated rings. The number of nitrogens with zero attached hydrogens (tertiary/aromatic N) is 3. The van der Waals surface area contributed by atoms with Gasteiger partial charge in [-0.15, -0.1) is 35.9 Å². The summed E-state index contributed by atoms with van der Waals surface area (Å²) in [4.78, 5) is 4.93. The summed E-state index contributed by atoms with van der Waals surface area (Å²) < 4.78 is 4.50. The van der Waals surface area contributed by atoms with E-state index in [9.17, 15) is 0 Å². The van der Waals surface area contributed by atoms with E-state index in [1.165, 1.54) is 21.8 Å². The molecular formula is C26H18IrN3-. The number of benzene rings is 4.